The van der Waals surface area contributed by atoms with E-state index in [4.69, 9.17) is 4.42 Å². The average Bonchev–Trinajstić information content (AvgIpc) is 3.26. The van der Waals surface area contributed by atoms with Crippen LogP contribution in [-0.2, 0) is 0 Å². The van der Waals surface area contributed by atoms with Gasteiger partial charge in [0.2, 0.25) is 0 Å². The highest BCUT2D eigenvalue weighted by molar-refractivity contribution is 6.09. The van der Waals surface area contributed by atoms with Crippen LogP contribution in [-0.4, -0.2) is 9.55 Å². The van der Waals surface area contributed by atoms with Gasteiger partial charge in [0.15, 0.2) is 0 Å². The lowest BCUT2D eigenvalue weighted by Crippen LogP contribution is -2.01. The Morgan fingerprint density at radius 2 is 1.54 bits per heavy atom. The third-order valence-electron chi connectivity index (χ3n) is 4.97. The average molecular weight is 338 g/mol. The van der Waals surface area contributed by atoms with E-state index < -0.39 is 0 Å². The molecule has 3 heteroatoms. The van der Waals surface area contributed by atoms with Crippen molar-refractivity contribution in [1.29, 1.82) is 0 Å². The van der Waals surface area contributed by atoms with E-state index in [-0.39, 0.29) is 0 Å². The molecule has 0 aliphatic heterocycles. The molecule has 0 N–H and O–H groups in total. The monoisotopic (exact) mass is 338 g/mol. The molecule has 3 aromatic carbocycles. The zero-order valence-electron chi connectivity index (χ0n) is 14.7. The van der Waals surface area contributed by atoms with E-state index in [1.807, 2.05) is 30.6 Å². The molecule has 0 saturated heterocycles. The van der Waals surface area contributed by atoms with Crippen molar-refractivity contribution in [2.45, 2.75) is 13.8 Å². The summed E-state index contributed by atoms with van der Waals surface area (Å²) in [6.45, 7) is 4.27. The standard InChI is InChI=1S/C23H18N2O/c1-15-7-5-8-16(2)21(15)25-14-13-24-23(25)19-11-6-10-18-17-9-3-4-12-20(17)26-22(18)19/h3-14H,1-2H3. The molecule has 126 valence electrons. The van der Waals surface area contributed by atoms with Crippen molar-refractivity contribution in [3.8, 4) is 17.1 Å². The first-order valence-corrected chi connectivity index (χ1v) is 8.74. The smallest absolute Gasteiger partial charge is 0.148 e. The van der Waals surface area contributed by atoms with Crippen molar-refractivity contribution >= 4 is 21.9 Å². The van der Waals surface area contributed by atoms with Gasteiger partial charge in [-0.3, -0.25) is 4.57 Å². The molecule has 0 atom stereocenters. The first-order chi connectivity index (χ1) is 12.7. The van der Waals surface area contributed by atoms with Gasteiger partial charge in [-0.15, -0.1) is 0 Å². The SMILES string of the molecule is Cc1cccc(C)c1-n1ccnc1-c1cccc2c1oc1ccccc12. The van der Waals surface area contributed by atoms with Crippen LogP contribution in [0.5, 0.6) is 0 Å². The Labute approximate surface area is 151 Å². The fourth-order valence-corrected chi connectivity index (χ4v) is 3.79. The second-order valence-corrected chi connectivity index (χ2v) is 6.64. The van der Waals surface area contributed by atoms with Gasteiger partial charge in [-0.25, -0.2) is 4.98 Å². The van der Waals surface area contributed by atoms with E-state index in [0.29, 0.717) is 0 Å². The van der Waals surface area contributed by atoms with Crippen LogP contribution in [0, 0.1) is 13.8 Å². The molecule has 0 saturated carbocycles. The van der Waals surface area contributed by atoms with Crippen LogP contribution in [0.4, 0.5) is 0 Å². The lowest BCUT2D eigenvalue weighted by atomic mass is 10.1. The van der Waals surface area contributed by atoms with E-state index in [2.05, 4.69) is 65.9 Å². The van der Waals surface area contributed by atoms with Gasteiger partial charge in [0.05, 0.1) is 11.3 Å². The van der Waals surface area contributed by atoms with Gasteiger partial charge in [0, 0.05) is 23.2 Å². The number of fused-ring (bicyclic) bond motifs is 3. The molecule has 0 aliphatic rings. The molecular weight excluding hydrogens is 320 g/mol. The maximum Gasteiger partial charge on any atom is 0.148 e. The summed E-state index contributed by atoms with van der Waals surface area (Å²) in [5.74, 6) is 0.895. The molecular formula is C23H18N2O. The minimum Gasteiger partial charge on any atom is -0.455 e. The summed E-state index contributed by atoms with van der Waals surface area (Å²) in [5, 5.41) is 2.25. The van der Waals surface area contributed by atoms with Crippen molar-refractivity contribution in [3.05, 3.63) is 84.2 Å². The van der Waals surface area contributed by atoms with Crippen molar-refractivity contribution in [2.24, 2.45) is 0 Å². The highest BCUT2D eigenvalue weighted by Gasteiger charge is 2.17. The van der Waals surface area contributed by atoms with Crippen molar-refractivity contribution in [3.63, 3.8) is 0 Å². The molecule has 0 unspecified atom stereocenters. The Morgan fingerprint density at radius 1 is 0.808 bits per heavy atom. The van der Waals surface area contributed by atoms with Crippen LogP contribution in [0.2, 0.25) is 0 Å². The molecule has 0 amide bonds. The highest BCUT2D eigenvalue weighted by Crippen LogP contribution is 2.36. The molecule has 0 aliphatic carbocycles. The number of imidazole rings is 1. The molecule has 26 heavy (non-hydrogen) atoms. The summed E-state index contributed by atoms with van der Waals surface area (Å²) >= 11 is 0. The zero-order chi connectivity index (χ0) is 17.7. The van der Waals surface area contributed by atoms with Crippen LogP contribution in [0.15, 0.2) is 77.5 Å². The second kappa shape index (κ2) is 5.60. The number of hydrogen-bond acceptors (Lipinski definition) is 2. The van der Waals surface area contributed by atoms with Gasteiger partial charge < -0.3 is 4.42 Å². The lowest BCUT2D eigenvalue weighted by Gasteiger charge is -2.14. The Balaban J connectivity index is 1.82. The normalized spacial score (nSPS) is 11.5. The van der Waals surface area contributed by atoms with E-state index in [9.17, 15) is 0 Å². The number of nitrogens with zero attached hydrogens (tertiary/aromatic N) is 2. The number of aromatic nitrogens is 2. The third-order valence-corrected chi connectivity index (χ3v) is 4.97. The Kier molecular flexibility index (Phi) is 3.22. The van der Waals surface area contributed by atoms with Crippen LogP contribution in [0.25, 0.3) is 39.0 Å². The van der Waals surface area contributed by atoms with E-state index in [1.165, 1.54) is 16.8 Å². The summed E-state index contributed by atoms with van der Waals surface area (Å²) in [5.41, 5.74) is 6.41. The van der Waals surface area contributed by atoms with Gasteiger partial charge in [-0.1, -0.05) is 48.5 Å². The molecule has 2 heterocycles. The summed E-state index contributed by atoms with van der Waals surface area (Å²) in [6, 6.07) is 20.8. The molecule has 3 nitrogen and oxygen atoms in total. The number of rotatable bonds is 2. The predicted octanol–water partition coefficient (Wildman–Crippen LogP) is 6.06. The van der Waals surface area contributed by atoms with Crippen LogP contribution >= 0.6 is 0 Å². The van der Waals surface area contributed by atoms with Gasteiger partial charge in [-0.2, -0.15) is 0 Å². The summed E-state index contributed by atoms with van der Waals surface area (Å²) < 4.78 is 8.36. The van der Waals surface area contributed by atoms with E-state index >= 15 is 0 Å². The van der Waals surface area contributed by atoms with Crippen LogP contribution in [0.3, 0.4) is 0 Å². The van der Waals surface area contributed by atoms with E-state index in [1.54, 1.807) is 0 Å². The number of para-hydroxylation sites is 3. The molecule has 0 spiro atoms. The molecule has 0 bridgehead atoms. The first-order valence-electron chi connectivity index (χ1n) is 8.74. The fraction of sp³-hybridized carbons (Fsp3) is 0.0870. The summed E-state index contributed by atoms with van der Waals surface area (Å²) in [6.07, 6.45) is 3.87. The maximum atomic E-state index is 6.21. The van der Waals surface area contributed by atoms with Crippen molar-refractivity contribution in [2.75, 3.05) is 0 Å². The van der Waals surface area contributed by atoms with Gasteiger partial charge in [-0.05, 0) is 37.1 Å². The predicted molar refractivity (Wildman–Crippen MR) is 106 cm³/mol. The molecule has 5 aromatic rings. The summed E-state index contributed by atoms with van der Waals surface area (Å²) in [7, 11) is 0. The van der Waals surface area contributed by atoms with Gasteiger partial charge in [0.1, 0.15) is 17.0 Å². The first kappa shape index (κ1) is 15.0. The Hall–Kier alpha value is -3.33. The minimum absolute atomic E-state index is 0.882. The lowest BCUT2D eigenvalue weighted by molar-refractivity contribution is 0.669. The van der Waals surface area contributed by atoms with Gasteiger partial charge >= 0.3 is 0 Å². The van der Waals surface area contributed by atoms with Gasteiger partial charge in [0.25, 0.3) is 0 Å². The summed E-state index contributed by atoms with van der Waals surface area (Å²) in [4.78, 5) is 4.67. The molecule has 0 fully saturated rings. The number of benzene rings is 3. The molecule has 0 radical (unpaired) electrons. The topological polar surface area (TPSA) is 31.0 Å². The van der Waals surface area contributed by atoms with Crippen molar-refractivity contribution < 1.29 is 4.42 Å². The largest absolute Gasteiger partial charge is 0.455 e. The number of furan rings is 1. The molecule has 5 rings (SSSR count). The highest BCUT2D eigenvalue weighted by atomic mass is 16.3. The van der Waals surface area contributed by atoms with E-state index in [0.717, 1.165) is 33.3 Å². The Bertz CT molecular complexity index is 1240. The second-order valence-electron chi connectivity index (χ2n) is 6.64. The maximum absolute atomic E-state index is 6.21. The Morgan fingerprint density at radius 3 is 2.38 bits per heavy atom. The fourth-order valence-electron chi connectivity index (χ4n) is 3.79. The number of aryl methyl sites for hydroxylation is 2. The minimum atomic E-state index is 0.882. The quantitative estimate of drug-likeness (QED) is 0.392. The third kappa shape index (κ3) is 2.10. The number of hydrogen-bond donors (Lipinski definition) is 0. The van der Waals surface area contributed by atoms with Crippen LogP contribution < -0.4 is 0 Å². The zero-order valence-corrected chi connectivity index (χ0v) is 14.7. The van der Waals surface area contributed by atoms with Crippen LogP contribution in [0.1, 0.15) is 11.1 Å². The van der Waals surface area contributed by atoms with Crippen molar-refractivity contribution in [1.82, 2.24) is 9.55 Å². The molecule has 2 aromatic heterocycles.